The molecule has 1 saturated carbocycles. The lowest BCUT2D eigenvalue weighted by Crippen LogP contribution is -2.33. The highest BCUT2D eigenvalue weighted by atomic mass is 16.6. The van der Waals surface area contributed by atoms with E-state index in [0.29, 0.717) is 0 Å². The molecule has 1 atom stereocenters. The van der Waals surface area contributed by atoms with Crippen molar-refractivity contribution in [3.05, 3.63) is 12.7 Å². The maximum Gasteiger partial charge on any atom is 0.330 e. The van der Waals surface area contributed by atoms with Crippen LogP contribution in [0.4, 0.5) is 0 Å². The molecule has 0 radical (unpaired) electrons. The molecule has 0 saturated heterocycles. The van der Waals surface area contributed by atoms with Gasteiger partial charge in [0.15, 0.2) is 0 Å². The lowest BCUT2D eigenvalue weighted by Gasteiger charge is -2.27. The zero-order valence-electron chi connectivity index (χ0n) is 15.0. The van der Waals surface area contributed by atoms with Crippen LogP contribution in [0.2, 0.25) is 0 Å². The van der Waals surface area contributed by atoms with Gasteiger partial charge in [-0.15, -0.1) is 0 Å². The van der Waals surface area contributed by atoms with Crippen molar-refractivity contribution < 1.29 is 38.4 Å². The van der Waals surface area contributed by atoms with Crippen molar-refractivity contribution in [2.75, 3.05) is 26.4 Å². The Balaban J connectivity index is 2.34. The van der Waals surface area contributed by atoms with Gasteiger partial charge in [0.2, 0.25) is 0 Å². The van der Waals surface area contributed by atoms with E-state index in [4.69, 9.17) is 24.1 Å². The van der Waals surface area contributed by atoms with Gasteiger partial charge in [0.25, 0.3) is 0 Å². The summed E-state index contributed by atoms with van der Waals surface area (Å²) in [6.45, 7) is 3.78. The predicted octanol–water partition coefficient (Wildman–Crippen LogP) is 1.86. The third-order valence-corrected chi connectivity index (χ3v) is 3.85. The van der Waals surface area contributed by atoms with Crippen LogP contribution in [0.5, 0.6) is 0 Å². The number of hydrogen-bond acceptors (Lipinski definition) is 7. The minimum atomic E-state index is -1.05. The molecule has 0 spiro atoms. The molecule has 0 aliphatic heterocycles. The standard InChI is InChI=1S/C18H28O8/c1-2-17(21)24-11-10-23-12-15(26-14-6-4-3-5-7-14)13-25-18(22)9-8-16(19)20/h2,14-15H,1,3-13H2,(H,19,20). The van der Waals surface area contributed by atoms with Crippen LogP contribution in [0.15, 0.2) is 12.7 Å². The summed E-state index contributed by atoms with van der Waals surface area (Å²) in [5, 5.41) is 8.59. The first-order valence-corrected chi connectivity index (χ1v) is 8.91. The average molecular weight is 372 g/mol. The second kappa shape index (κ2) is 13.3. The second-order valence-corrected chi connectivity index (χ2v) is 6.04. The van der Waals surface area contributed by atoms with E-state index in [2.05, 4.69) is 6.58 Å². The lowest BCUT2D eigenvalue weighted by atomic mass is 9.98. The molecule has 1 aliphatic rings. The number of esters is 2. The minimum absolute atomic E-state index is 0.00139. The first kappa shape index (κ1) is 22.1. The highest BCUT2D eigenvalue weighted by Gasteiger charge is 2.21. The summed E-state index contributed by atoms with van der Waals surface area (Å²) < 4.78 is 21.3. The summed E-state index contributed by atoms with van der Waals surface area (Å²) in [4.78, 5) is 33.0. The topological polar surface area (TPSA) is 108 Å². The third-order valence-electron chi connectivity index (χ3n) is 3.85. The Morgan fingerprint density at radius 3 is 2.42 bits per heavy atom. The number of carbonyl (C=O) groups is 3. The Bertz CT molecular complexity index is 456. The van der Waals surface area contributed by atoms with Crippen LogP contribution in [0, 0.1) is 0 Å². The number of hydrogen-bond donors (Lipinski definition) is 1. The second-order valence-electron chi connectivity index (χ2n) is 6.04. The third kappa shape index (κ3) is 10.8. The molecule has 8 nitrogen and oxygen atoms in total. The van der Waals surface area contributed by atoms with Crippen molar-refractivity contribution in [3.8, 4) is 0 Å². The number of rotatable bonds is 13. The van der Waals surface area contributed by atoms with Gasteiger partial charge in [0.05, 0.1) is 32.2 Å². The fourth-order valence-corrected chi connectivity index (χ4v) is 2.54. The molecular formula is C18H28O8. The molecule has 0 aromatic rings. The van der Waals surface area contributed by atoms with Gasteiger partial charge < -0.3 is 24.1 Å². The molecule has 1 rings (SSSR count). The molecule has 8 heteroatoms. The maximum atomic E-state index is 11.6. The number of carboxylic acids is 1. The Morgan fingerprint density at radius 2 is 1.77 bits per heavy atom. The largest absolute Gasteiger partial charge is 0.481 e. The first-order chi connectivity index (χ1) is 12.5. The van der Waals surface area contributed by atoms with E-state index in [1.165, 1.54) is 6.42 Å². The summed E-state index contributed by atoms with van der Waals surface area (Å²) in [5.41, 5.74) is 0. The molecule has 0 amide bonds. The van der Waals surface area contributed by atoms with Crippen molar-refractivity contribution >= 4 is 17.9 Å². The van der Waals surface area contributed by atoms with Gasteiger partial charge in [-0.05, 0) is 12.8 Å². The minimum Gasteiger partial charge on any atom is -0.481 e. The smallest absolute Gasteiger partial charge is 0.330 e. The summed E-state index contributed by atoms with van der Waals surface area (Å²) in [7, 11) is 0. The zero-order valence-corrected chi connectivity index (χ0v) is 15.0. The zero-order chi connectivity index (χ0) is 19.2. The Morgan fingerprint density at radius 1 is 1.04 bits per heavy atom. The van der Waals surface area contributed by atoms with Crippen LogP contribution in [-0.2, 0) is 33.3 Å². The number of carbonyl (C=O) groups excluding carboxylic acids is 2. The van der Waals surface area contributed by atoms with E-state index in [-0.39, 0.29) is 45.4 Å². The fourth-order valence-electron chi connectivity index (χ4n) is 2.54. The molecular weight excluding hydrogens is 344 g/mol. The van der Waals surface area contributed by atoms with Gasteiger partial charge in [0, 0.05) is 6.08 Å². The fraction of sp³-hybridized carbons (Fsp3) is 0.722. The highest BCUT2D eigenvalue weighted by molar-refractivity contribution is 5.81. The number of carboxylic acid groups (broad SMARTS) is 1. The predicted molar refractivity (Wildman–Crippen MR) is 91.5 cm³/mol. The highest BCUT2D eigenvalue weighted by Crippen LogP contribution is 2.21. The van der Waals surface area contributed by atoms with Crippen molar-refractivity contribution in [2.24, 2.45) is 0 Å². The molecule has 0 aromatic heterocycles. The normalized spacial score (nSPS) is 15.8. The maximum absolute atomic E-state index is 11.6. The van der Waals surface area contributed by atoms with Crippen LogP contribution in [-0.4, -0.2) is 61.6 Å². The lowest BCUT2D eigenvalue weighted by molar-refractivity contribution is -0.156. The quantitative estimate of drug-likeness (QED) is 0.296. The van der Waals surface area contributed by atoms with Gasteiger partial charge in [0.1, 0.15) is 19.3 Å². The van der Waals surface area contributed by atoms with E-state index < -0.39 is 24.0 Å². The van der Waals surface area contributed by atoms with Gasteiger partial charge in [-0.25, -0.2) is 4.79 Å². The van der Waals surface area contributed by atoms with Crippen LogP contribution in [0.25, 0.3) is 0 Å². The van der Waals surface area contributed by atoms with Crippen molar-refractivity contribution in [3.63, 3.8) is 0 Å². The molecule has 148 valence electrons. The summed E-state index contributed by atoms with van der Waals surface area (Å²) in [6.07, 6.45) is 5.62. The van der Waals surface area contributed by atoms with Crippen LogP contribution in [0.1, 0.15) is 44.9 Å². The molecule has 1 N–H and O–H groups in total. The molecule has 1 fully saturated rings. The summed E-state index contributed by atoms with van der Waals surface area (Å²) >= 11 is 0. The number of aliphatic carboxylic acids is 1. The van der Waals surface area contributed by atoms with Crippen LogP contribution in [0.3, 0.4) is 0 Å². The molecule has 0 aromatic carbocycles. The van der Waals surface area contributed by atoms with Crippen molar-refractivity contribution in [2.45, 2.75) is 57.2 Å². The first-order valence-electron chi connectivity index (χ1n) is 8.91. The van der Waals surface area contributed by atoms with Crippen LogP contribution < -0.4 is 0 Å². The van der Waals surface area contributed by atoms with Gasteiger partial charge in [-0.2, -0.15) is 0 Å². The van der Waals surface area contributed by atoms with Crippen LogP contribution >= 0.6 is 0 Å². The SMILES string of the molecule is C=CC(=O)OCCOCC(COC(=O)CCC(=O)O)OC1CCCCC1. The van der Waals surface area contributed by atoms with Crippen molar-refractivity contribution in [1.29, 1.82) is 0 Å². The van der Waals surface area contributed by atoms with E-state index in [0.717, 1.165) is 31.8 Å². The Labute approximate surface area is 153 Å². The van der Waals surface area contributed by atoms with Gasteiger partial charge in [-0.3, -0.25) is 9.59 Å². The van der Waals surface area contributed by atoms with Crippen molar-refractivity contribution in [1.82, 2.24) is 0 Å². The number of ether oxygens (including phenoxy) is 4. The van der Waals surface area contributed by atoms with E-state index in [9.17, 15) is 14.4 Å². The van der Waals surface area contributed by atoms with Gasteiger partial charge in [-0.1, -0.05) is 25.8 Å². The summed E-state index contributed by atoms with van der Waals surface area (Å²) in [6, 6.07) is 0. The molecule has 0 bridgehead atoms. The van der Waals surface area contributed by atoms with E-state index in [1.807, 2.05) is 0 Å². The molecule has 26 heavy (non-hydrogen) atoms. The molecule has 1 aliphatic carbocycles. The molecule has 1 unspecified atom stereocenters. The Hall–Kier alpha value is -1.93. The summed E-state index contributed by atoms with van der Waals surface area (Å²) in [5.74, 6) is -2.14. The van der Waals surface area contributed by atoms with E-state index in [1.54, 1.807) is 0 Å². The van der Waals surface area contributed by atoms with E-state index >= 15 is 0 Å². The molecule has 0 heterocycles. The monoisotopic (exact) mass is 372 g/mol. The Kier molecular flexibility index (Phi) is 11.3. The van der Waals surface area contributed by atoms with Gasteiger partial charge >= 0.3 is 17.9 Å². The average Bonchev–Trinajstić information content (AvgIpc) is 2.64.